The molecule has 0 aliphatic heterocycles. The van der Waals surface area contributed by atoms with Crippen LogP contribution in [0.3, 0.4) is 0 Å². The van der Waals surface area contributed by atoms with Gasteiger partial charge in [0, 0.05) is 10.0 Å². The summed E-state index contributed by atoms with van der Waals surface area (Å²) < 4.78 is 307. The van der Waals surface area contributed by atoms with E-state index in [1.165, 1.54) is 0 Å². The minimum atomic E-state index is -7.22. The van der Waals surface area contributed by atoms with Crippen molar-refractivity contribution in [2.45, 2.75) is 4.90 Å². The molecule has 0 bridgehead atoms. The molecule has 0 saturated carbocycles. The molecule has 64 heavy (non-hydrogen) atoms. The van der Waals surface area contributed by atoms with E-state index >= 15 is 35.1 Å². The quantitative estimate of drug-likeness (QED) is 0.0381. The van der Waals surface area contributed by atoms with Crippen molar-refractivity contribution in [2.24, 2.45) is 0 Å². The number of Topliss-reactive ketones (excluding diaryl/α,β-unsaturated/α-hetero) is 1. The Labute approximate surface area is 353 Å². The number of halogens is 21. The van der Waals surface area contributed by atoms with Crippen LogP contribution in [0.1, 0.15) is 10.4 Å². The lowest BCUT2D eigenvalue weighted by atomic mass is 9.12. The van der Waals surface area contributed by atoms with Crippen LogP contribution in [0, 0.1) is 116 Å². The van der Waals surface area contributed by atoms with E-state index in [4.69, 9.17) is 0 Å². The van der Waals surface area contributed by atoms with Crippen LogP contribution in [-0.4, -0.2) is 23.9 Å². The van der Waals surface area contributed by atoms with E-state index in [0.717, 1.165) is 9.37 Å². The van der Waals surface area contributed by atoms with E-state index in [0.29, 0.717) is 5.56 Å². The molecule has 1 atom stereocenters. The minimum Gasteiger partial charge on any atom is -0.289 e. The Morgan fingerprint density at radius 2 is 0.641 bits per heavy atom. The molecule has 0 aliphatic rings. The first-order chi connectivity index (χ1) is 29.7. The van der Waals surface area contributed by atoms with Gasteiger partial charge >= 0.3 is 0 Å². The third-order valence-electron chi connectivity index (χ3n) is 9.52. The monoisotopic (exact) mass is 1020 g/mol. The lowest BCUT2D eigenvalue weighted by molar-refractivity contribution is 0.102. The van der Waals surface area contributed by atoms with Gasteiger partial charge in [-0.05, 0) is 24.3 Å². The smallest absolute Gasteiger partial charge is 0.212 e. The third kappa shape index (κ3) is 7.93. The lowest BCUT2D eigenvalue weighted by Gasteiger charge is -2.44. The molecule has 0 amide bonds. The topological polar surface area (TPSA) is 34.1 Å². The predicted molar refractivity (Wildman–Crippen MR) is 191 cm³/mol. The number of rotatable bonds is 8. The SMILES string of the molecule is C[S+](=O)(CC(=O)c1ccc(Br)cc1)c1ccccc1.Fc1c(F)c(F)c([B-](c2c(F)c(F)c(F)c(F)c2F)(c2c(F)c(F)c(F)c(F)c2F)c2c(F)c(F)c(F)c(F)c2F)c(F)c1F. The molecular weight excluding hydrogens is 1000 g/mol. The van der Waals surface area contributed by atoms with Crippen molar-refractivity contribution in [1.82, 2.24) is 0 Å². The average Bonchev–Trinajstić information content (AvgIpc) is 3.26. The first-order valence-electron chi connectivity index (χ1n) is 16.7. The highest BCUT2D eigenvalue weighted by atomic mass is 79.9. The zero-order valence-corrected chi connectivity index (χ0v) is 33.0. The standard InChI is InChI=1S/C24BF20.C15H14BrO2S/c26-5-1(6(27)14(35)21(42)13(5)34)25(2-7(28)15(36)22(43)16(37)8(2)29,3-9(30)17(38)23(44)18(39)10(3)31)4-11(32)19(40)24(45)20(41)12(4)33;1-19(18,14-5-3-2-4-6-14)11-15(17)12-7-9-13(16)10-8-12/h;2-10H,11H2,1H3/q-1;+1. The fourth-order valence-corrected chi connectivity index (χ4v) is 8.47. The van der Waals surface area contributed by atoms with Crippen LogP contribution < -0.4 is 21.9 Å². The van der Waals surface area contributed by atoms with Gasteiger partial charge in [0.25, 0.3) is 0 Å². The van der Waals surface area contributed by atoms with Crippen LogP contribution in [0.5, 0.6) is 0 Å². The normalized spacial score (nSPS) is 12.5. The maximum Gasteiger partial charge on any atom is 0.212 e. The molecule has 6 rings (SSSR count). The van der Waals surface area contributed by atoms with Crippen molar-refractivity contribution >= 4 is 59.6 Å². The molecule has 0 heterocycles. The summed E-state index contributed by atoms with van der Waals surface area (Å²) >= 11 is 3.32. The van der Waals surface area contributed by atoms with Crippen LogP contribution in [0.2, 0.25) is 0 Å². The van der Waals surface area contributed by atoms with Gasteiger partial charge in [-0.15, -0.1) is 21.9 Å². The zero-order chi connectivity index (χ0) is 48.2. The maximum atomic E-state index is 15.4. The number of ketones is 1. The van der Waals surface area contributed by atoms with Gasteiger partial charge in [0.15, 0.2) is 80.5 Å². The Hall–Kier alpha value is -5.72. The van der Waals surface area contributed by atoms with Gasteiger partial charge in [0.1, 0.15) is 68.9 Å². The van der Waals surface area contributed by atoms with E-state index in [9.17, 15) is 61.7 Å². The molecule has 338 valence electrons. The Bertz CT molecular complexity index is 2550. The molecule has 0 fully saturated rings. The molecule has 6 aromatic carbocycles. The second-order valence-electron chi connectivity index (χ2n) is 13.2. The minimum absolute atomic E-state index is 0.0403. The average molecular weight is 1020 g/mol. The summed E-state index contributed by atoms with van der Waals surface area (Å²) in [5, 5.41) is 0. The molecule has 25 heteroatoms. The summed E-state index contributed by atoms with van der Waals surface area (Å²) in [6, 6.07) is 16.3. The highest BCUT2D eigenvalue weighted by Gasteiger charge is 2.52. The van der Waals surface area contributed by atoms with Crippen LogP contribution in [0.25, 0.3) is 0 Å². The predicted octanol–water partition coefficient (Wildman–Crippen LogP) is 9.67. The molecule has 0 aromatic heterocycles. The van der Waals surface area contributed by atoms with Gasteiger partial charge in [0.05, 0.1) is 0 Å². The van der Waals surface area contributed by atoms with Crippen molar-refractivity contribution in [2.75, 3.05) is 12.0 Å². The molecule has 0 spiro atoms. The van der Waals surface area contributed by atoms with E-state index in [1.807, 2.05) is 30.3 Å². The number of carbonyl (C=O) groups excluding carboxylic acids is 1. The molecule has 0 N–H and O–H groups in total. The van der Waals surface area contributed by atoms with Crippen molar-refractivity contribution in [3.63, 3.8) is 0 Å². The molecule has 0 radical (unpaired) electrons. The molecule has 0 aliphatic carbocycles. The van der Waals surface area contributed by atoms with Crippen LogP contribution >= 0.6 is 15.9 Å². The number of hydrogen-bond donors (Lipinski definition) is 0. The third-order valence-corrected chi connectivity index (χ3v) is 12.1. The second-order valence-corrected chi connectivity index (χ2v) is 16.9. The summed E-state index contributed by atoms with van der Waals surface area (Å²) in [6.45, 7) is 0. The van der Waals surface area contributed by atoms with Crippen molar-refractivity contribution < 1.29 is 96.8 Å². The Balaban J connectivity index is 0.000000337. The molecule has 2 nitrogen and oxygen atoms in total. The number of benzene rings is 6. The first-order valence-corrected chi connectivity index (χ1v) is 19.7. The summed E-state index contributed by atoms with van der Waals surface area (Å²) in [5.41, 5.74) is -13.7. The van der Waals surface area contributed by atoms with E-state index < -0.39 is 154 Å². The van der Waals surface area contributed by atoms with Crippen molar-refractivity contribution in [3.8, 4) is 0 Å². The van der Waals surface area contributed by atoms with Crippen LogP contribution in [0.15, 0.2) is 64.0 Å². The van der Waals surface area contributed by atoms with Crippen LogP contribution in [0.4, 0.5) is 87.8 Å². The summed E-state index contributed by atoms with van der Waals surface area (Å²) in [7, 11) is -2.33. The van der Waals surface area contributed by atoms with Crippen LogP contribution in [-0.2, 0) is 14.1 Å². The van der Waals surface area contributed by atoms with Gasteiger partial charge in [-0.25, -0.2) is 87.8 Å². The Morgan fingerprint density at radius 1 is 0.406 bits per heavy atom. The number of carbonyl (C=O) groups is 1. The highest BCUT2D eigenvalue weighted by molar-refractivity contribution is 9.10. The van der Waals surface area contributed by atoms with Gasteiger partial charge in [-0.1, -0.05) is 50.5 Å². The van der Waals surface area contributed by atoms with Crippen molar-refractivity contribution in [1.29, 1.82) is 0 Å². The molecular formula is C39H14BBrF20O2S. The Morgan fingerprint density at radius 3 is 0.891 bits per heavy atom. The molecule has 6 aromatic rings. The van der Waals surface area contributed by atoms with Crippen molar-refractivity contribution in [3.05, 3.63) is 181 Å². The number of hydrogen-bond acceptors (Lipinski definition) is 2. The highest BCUT2D eigenvalue weighted by Crippen LogP contribution is 2.31. The fraction of sp³-hybridized carbons (Fsp3) is 0.0513. The van der Waals surface area contributed by atoms with Gasteiger partial charge in [-0.3, -0.25) is 4.79 Å². The molecule has 0 saturated heterocycles. The van der Waals surface area contributed by atoms with Gasteiger partial charge in [0.2, 0.25) is 5.78 Å². The largest absolute Gasteiger partial charge is 0.289 e. The maximum absolute atomic E-state index is 15.4. The molecule has 1 unspecified atom stereocenters. The van der Waals surface area contributed by atoms with Gasteiger partial charge < -0.3 is 0 Å². The summed E-state index contributed by atoms with van der Waals surface area (Å²) in [4.78, 5) is 12.9. The van der Waals surface area contributed by atoms with E-state index in [2.05, 4.69) is 15.9 Å². The fourth-order valence-electron chi connectivity index (χ4n) is 6.64. The van der Waals surface area contributed by atoms with E-state index in [1.54, 1.807) is 30.5 Å². The second kappa shape index (κ2) is 18.0. The Kier molecular flexibility index (Phi) is 13.9. The summed E-state index contributed by atoms with van der Waals surface area (Å²) in [6.07, 6.45) is -5.58. The van der Waals surface area contributed by atoms with E-state index in [-0.39, 0.29) is 11.5 Å². The first kappa shape index (κ1) is 49.3. The van der Waals surface area contributed by atoms with Gasteiger partial charge in [-0.2, -0.15) is 0 Å². The summed E-state index contributed by atoms with van der Waals surface area (Å²) in [5.74, 6) is -71.5. The zero-order valence-electron chi connectivity index (χ0n) is 30.6. The lowest BCUT2D eigenvalue weighted by Crippen LogP contribution is -2.81.